The number of aromatic nitrogens is 1. The summed E-state index contributed by atoms with van der Waals surface area (Å²) in [5.41, 5.74) is 3.18. The highest BCUT2D eigenvalue weighted by Crippen LogP contribution is 2.24. The second kappa shape index (κ2) is 7.52. The van der Waals surface area contributed by atoms with Gasteiger partial charge in [0.1, 0.15) is 0 Å². The van der Waals surface area contributed by atoms with Gasteiger partial charge < -0.3 is 9.30 Å². The maximum absolute atomic E-state index is 12.7. The predicted octanol–water partition coefficient (Wildman–Crippen LogP) is 3.91. The fourth-order valence-electron chi connectivity index (χ4n) is 2.74. The molecular weight excluding hydrogens is 392 g/mol. The fourth-order valence-corrected chi connectivity index (χ4v) is 5.18. The lowest BCUT2D eigenvalue weighted by atomic mass is 10.1. The Morgan fingerprint density at radius 3 is 2.54 bits per heavy atom. The third-order valence-electron chi connectivity index (χ3n) is 3.94. The molecule has 0 aliphatic rings. The number of rotatable bonds is 5. The summed E-state index contributed by atoms with van der Waals surface area (Å²) >= 11 is 7.22. The Bertz CT molecular complexity index is 1110. The molecule has 1 aromatic heterocycles. The molecule has 0 unspecified atom stereocenters. The molecule has 0 bridgehead atoms. The highest BCUT2D eigenvalue weighted by Gasteiger charge is 2.15. The Labute approximate surface area is 161 Å². The second-order valence-electron chi connectivity index (χ2n) is 5.98. The van der Waals surface area contributed by atoms with Crippen LogP contribution in [0.25, 0.3) is 10.2 Å². The minimum Gasteiger partial charge on any atom is -0.383 e. The second-order valence-corrected chi connectivity index (χ2v) is 9.00. The van der Waals surface area contributed by atoms with Gasteiger partial charge in [0.25, 0.3) is 10.0 Å². The zero-order valence-electron chi connectivity index (χ0n) is 14.7. The summed E-state index contributed by atoms with van der Waals surface area (Å²) in [4.78, 5) is 0.547. The molecule has 0 N–H and O–H groups in total. The van der Waals surface area contributed by atoms with E-state index in [9.17, 15) is 8.42 Å². The van der Waals surface area contributed by atoms with Crippen LogP contribution in [-0.4, -0.2) is 26.7 Å². The van der Waals surface area contributed by atoms with Gasteiger partial charge in [-0.1, -0.05) is 29.0 Å². The van der Waals surface area contributed by atoms with Crippen molar-refractivity contribution in [3.05, 3.63) is 57.3 Å². The molecule has 138 valence electrons. The van der Waals surface area contributed by atoms with Crippen LogP contribution < -0.4 is 4.80 Å². The summed E-state index contributed by atoms with van der Waals surface area (Å²) < 4.78 is 37.7. The molecule has 0 fully saturated rings. The summed E-state index contributed by atoms with van der Waals surface area (Å²) in [5.74, 6) is 0. The molecule has 0 aliphatic heterocycles. The van der Waals surface area contributed by atoms with Crippen molar-refractivity contribution in [1.82, 2.24) is 4.57 Å². The van der Waals surface area contributed by atoms with E-state index < -0.39 is 10.0 Å². The number of ether oxygens (including phenoxy) is 1. The first-order valence-electron chi connectivity index (χ1n) is 7.98. The van der Waals surface area contributed by atoms with E-state index in [0.29, 0.717) is 23.0 Å². The molecule has 8 heteroatoms. The number of thiazole rings is 1. The minimum absolute atomic E-state index is 0.116. The molecule has 0 aliphatic carbocycles. The van der Waals surface area contributed by atoms with Crippen molar-refractivity contribution in [3.63, 3.8) is 0 Å². The van der Waals surface area contributed by atoms with Crippen molar-refractivity contribution in [2.24, 2.45) is 4.40 Å². The molecule has 0 spiro atoms. The molecule has 0 atom stereocenters. The third kappa shape index (κ3) is 3.86. The van der Waals surface area contributed by atoms with Crippen LogP contribution in [0.15, 0.2) is 45.7 Å². The minimum atomic E-state index is -3.83. The maximum atomic E-state index is 12.7. The molecule has 0 saturated heterocycles. The van der Waals surface area contributed by atoms with Crippen LogP contribution in [0, 0.1) is 13.8 Å². The molecule has 1 heterocycles. The largest absolute Gasteiger partial charge is 0.383 e. The lowest BCUT2D eigenvalue weighted by Gasteiger charge is -2.06. The Hall–Kier alpha value is -1.67. The van der Waals surface area contributed by atoms with Gasteiger partial charge in [-0.15, -0.1) is 4.40 Å². The maximum Gasteiger partial charge on any atom is 0.285 e. The highest BCUT2D eigenvalue weighted by atomic mass is 35.5. The lowest BCUT2D eigenvalue weighted by molar-refractivity contribution is 0.187. The van der Waals surface area contributed by atoms with Gasteiger partial charge in [-0.2, -0.15) is 8.42 Å². The molecule has 3 aromatic rings. The van der Waals surface area contributed by atoms with Gasteiger partial charge in [0, 0.05) is 18.7 Å². The van der Waals surface area contributed by atoms with Gasteiger partial charge in [0.05, 0.1) is 21.7 Å². The first-order chi connectivity index (χ1) is 12.3. The molecular formula is C18H19ClN2O3S2. The Morgan fingerprint density at radius 1 is 1.19 bits per heavy atom. The number of nitrogens with zero attached hydrogens (tertiary/aromatic N) is 2. The van der Waals surface area contributed by atoms with E-state index in [2.05, 4.69) is 10.5 Å². The van der Waals surface area contributed by atoms with E-state index in [0.717, 1.165) is 21.3 Å². The topological polar surface area (TPSA) is 60.7 Å². The molecule has 2 aromatic carbocycles. The zero-order valence-corrected chi connectivity index (χ0v) is 17.1. The number of halogens is 1. The van der Waals surface area contributed by atoms with Crippen molar-refractivity contribution >= 4 is 43.2 Å². The molecule has 5 nitrogen and oxygen atoms in total. The van der Waals surface area contributed by atoms with Crippen LogP contribution in [0.2, 0.25) is 5.02 Å². The van der Waals surface area contributed by atoms with E-state index in [-0.39, 0.29) is 4.90 Å². The summed E-state index contributed by atoms with van der Waals surface area (Å²) in [6.07, 6.45) is 0. The predicted molar refractivity (Wildman–Crippen MR) is 105 cm³/mol. The number of fused-ring (bicyclic) bond motifs is 1. The quantitative estimate of drug-likeness (QED) is 0.640. The smallest absolute Gasteiger partial charge is 0.285 e. The average molecular weight is 411 g/mol. The molecule has 3 rings (SSSR count). The zero-order chi connectivity index (χ0) is 18.9. The van der Waals surface area contributed by atoms with Crippen LogP contribution in [0.4, 0.5) is 0 Å². The first-order valence-corrected chi connectivity index (χ1v) is 10.6. The monoisotopic (exact) mass is 410 g/mol. The standard InChI is InChI=1S/C18H19ClN2O3S2/c1-12-10-13(2)17-16(11-12)21(8-9-24-3)18(25-17)20-26(22,23)15-6-4-14(19)5-7-15/h4-7,10-11H,8-9H2,1-3H3/b20-18-. The van der Waals surface area contributed by atoms with Crippen LogP contribution in [0.5, 0.6) is 0 Å². The number of aryl methyl sites for hydroxylation is 2. The van der Waals surface area contributed by atoms with Crippen molar-refractivity contribution in [2.45, 2.75) is 25.3 Å². The van der Waals surface area contributed by atoms with E-state index in [1.54, 1.807) is 19.2 Å². The van der Waals surface area contributed by atoms with Crippen molar-refractivity contribution in [1.29, 1.82) is 0 Å². The Kier molecular flexibility index (Phi) is 5.53. The van der Waals surface area contributed by atoms with Crippen LogP contribution in [0.1, 0.15) is 11.1 Å². The third-order valence-corrected chi connectivity index (χ3v) is 6.82. The van der Waals surface area contributed by atoms with Gasteiger partial charge in [0.15, 0.2) is 0 Å². The number of hydrogen-bond acceptors (Lipinski definition) is 4. The fraction of sp³-hybridized carbons (Fsp3) is 0.278. The number of sulfonamides is 1. The number of benzene rings is 2. The lowest BCUT2D eigenvalue weighted by Crippen LogP contribution is -2.19. The molecule has 0 saturated carbocycles. The summed E-state index contributed by atoms with van der Waals surface area (Å²) in [7, 11) is -2.22. The van der Waals surface area contributed by atoms with E-state index in [1.165, 1.54) is 23.5 Å². The van der Waals surface area contributed by atoms with E-state index in [4.69, 9.17) is 16.3 Å². The number of hydrogen-bond donors (Lipinski definition) is 0. The van der Waals surface area contributed by atoms with Crippen molar-refractivity contribution in [2.75, 3.05) is 13.7 Å². The van der Waals surface area contributed by atoms with E-state index in [1.807, 2.05) is 24.5 Å². The summed E-state index contributed by atoms with van der Waals surface area (Å²) in [6, 6.07) is 10.1. The van der Waals surface area contributed by atoms with E-state index >= 15 is 0 Å². The van der Waals surface area contributed by atoms with Gasteiger partial charge >= 0.3 is 0 Å². The molecule has 26 heavy (non-hydrogen) atoms. The van der Waals surface area contributed by atoms with Gasteiger partial charge in [-0.25, -0.2) is 0 Å². The molecule has 0 amide bonds. The van der Waals surface area contributed by atoms with Gasteiger partial charge in [0.2, 0.25) is 4.80 Å². The van der Waals surface area contributed by atoms with Gasteiger partial charge in [-0.3, -0.25) is 0 Å². The van der Waals surface area contributed by atoms with Crippen LogP contribution in [-0.2, 0) is 21.3 Å². The Balaban J connectivity index is 2.24. The number of methoxy groups -OCH3 is 1. The van der Waals surface area contributed by atoms with Crippen molar-refractivity contribution < 1.29 is 13.2 Å². The first kappa shape index (κ1) is 19.1. The SMILES string of the molecule is COCCn1/c(=N/S(=O)(=O)c2ccc(Cl)cc2)sc2c(C)cc(C)cc21. The summed E-state index contributed by atoms with van der Waals surface area (Å²) in [6.45, 7) is 5.03. The highest BCUT2D eigenvalue weighted by molar-refractivity contribution is 7.90. The van der Waals surface area contributed by atoms with Crippen LogP contribution >= 0.6 is 22.9 Å². The van der Waals surface area contributed by atoms with Gasteiger partial charge in [-0.05, 0) is 55.3 Å². The Morgan fingerprint density at radius 2 is 1.88 bits per heavy atom. The van der Waals surface area contributed by atoms with Crippen molar-refractivity contribution in [3.8, 4) is 0 Å². The normalized spacial score (nSPS) is 12.8. The average Bonchev–Trinajstić information content (AvgIpc) is 2.90. The molecule has 0 radical (unpaired) electrons. The van der Waals surface area contributed by atoms with Crippen LogP contribution in [0.3, 0.4) is 0 Å². The summed E-state index contributed by atoms with van der Waals surface area (Å²) in [5, 5.41) is 0.479.